The minimum atomic E-state index is -4.86. The predicted molar refractivity (Wildman–Crippen MR) is 123 cm³/mol. The lowest BCUT2D eigenvalue weighted by Gasteiger charge is -2.19. The van der Waals surface area contributed by atoms with Crippen LogP contribution >= 0.6 is 0 Å². The largest absolute Gasteiger partial charge is 0.438 e. The number of carbonyl (C=O) groups excluding carboxylic acids is 1. The summed E-state index contributed by atoms with van der Waals surface area (Å²) in [5.41, 5.74) is -0.383. The first-order valence-corrected chi connectivity index (χ1v) is 10.7. The van der Waals surface area contributed by atoms with E-state index >= 15 is 0 Å². The Labute approximate surface area is 203 Å². The third-order valence-electron chi connectivity index (χ3n) is 5.64. The van der Waals surface area contributed by atoms with Crippen molar-refractivity contribution in [1.29, 1.82) is 0 Å². The van der Waals surface area contributed by atoms with E-state index in [0.717, 1.165) is 17.8 Å². The second kappa shape index (κ2) is 9.80. The highest BCUT2D eigenvalue weighted by Gasteiger charge is 2.36. The van der Waals surface area contributed by atoms with Crippen LogP contribution in [0.2, 0.25) is 0 Å². The van der Waals surface area contributed by atoms with Gasteiger partial charge in [-0.3, -0.25) is 19.9 Å². The lowest BCUT2D eigenvalue weighted by molar-refractivity contribution is -0.138. The fraction of sp³-hybridized carbons (Fsp3) is 0.160. The van der Waals surface area contributed by atoms with Crippen LogP contribution in [0.1, 0.15) is 34.3 Å². The van der Waals surface area contributed by atoms with Crippen molar-refractivity contribution in [3.63, 3.8) is 0 Å². The van der Waals surface area contributed by atoms with Gasteiger partial charge in [-0.05, 0) is 48.0 Å². The average molecular weight is 498 g/mol. The van der Waals surface area contributed by atoms with Crippen molar-refractivity contribution >= 4 is 11.5 Å². The summed E-state index contributed by atoms with van der Waals surface area (Å²) in [5, 5.41) is 21.8. The third-order valence-corrected chi connectivity index (χ3v) is 5.64. The molecule has 0 aliphatic heterocycles. The molecule has 1 atom stereocenters. The lowest BCUT2D eigenvalue weighted by atomic mass is 9.90. The Hall–Kier alpha value is -4.22. The molecule has 0 aliphatic carbocycles. The molecule has 186 valence electrons. The molecular weight excluding hydrogens is 477 g/mol. The summed E-state index contributed by atoms with van der Waals surface area (Å²) in [6.07, 6.45) is -1.66. The number of hydrogen-bond acceptors (Lipinski definition) is 7. The molecule has 36 heavy (non-hydrogen) atoms. The van der Waals surface area contributed by atoms with Crippen LogP contribution < -0.4 is 9.96 Å². The fourth-order valence-electron chi connectivity index (χ4n) is 3.76. The van der Waals surface area contributed by atoms with Crippen LogP contribution in [-0.4, -0.2) is 31.0 Å². The highest BCUT2D eigenvalue weighted by Crippen LogP contribution is 2.38. The smallest absolute Gasteiger partial charge is 0.418 e. The molecule has 0 amide bonds. The van der Waals surface area contributed by atoms with Gasteiger partial charge in [-0.25, -0.2) is 4.98 Å². The SMILES string of the molecule is CC(C(=O)c1cccc(Oc2ncccc2-c2ccnn2C)c1)c1ccc(N(O)O)c(C(F)(F)F)c1. The molecule has 0 bridgehead atoms. The Morgan fingerprint density at radius 3 is 2.50 bits per heavy atom. The Morgan fingerprint density at radius 2 is 1.83 bits per heavy atom. The number of aromatic nitrogens is 3. The standard InChI is InChI=1S/C25H21F3N4O4/c1-15(16-8-9-22(32(34)35)20(14-16)25(26,27)28)23(33)17-5-3-6-18(13-17)36-24-19(7-4-11-29-24)21-10-12-30-31(21)2/h3-15,34-35H,1-2H3. The Morgan fingerprint density at radius 1 is 1.06 bits per heavy atom. The van der Waals surface area contributed by atoms with Crippen molar-refractivity contribution in [3.8, 4) is 22.9 Å². The highest BCUT2D eigenvalue weighted by molar-refractivity contribution is 6.01. The quantitative estimate of drug-likeness (QED) is 0.243. The highest BCUT2D eigenvalue weighted by atomic mass is 19.4. The molecule has 2 aromatic heterocycles. The molecule has 4 rings (SSSR count). The number of benzene rings is 2. The number of halogens is 3. The zero-order valence-electron chi connectivity index (χ0n) is 19.1. The molecule has 2 heterocycles. The molecule has 0 aliphatic rings. The number of rotatable bonds is 7. The van der Waals surface area contributed by atoms with E-state index in [4.69, 9.17) is 15.2 Å². The molecule has 8 nitrogen and oxygen atoms in total. The summed E-state index contributed by atoms with van der Waals surface area (Å²) in [6.45, 7) is 1.47. The summed E-state index contributed by atoms with van der Waals surface area (Å²) in [6, 6.07) is 14.5. The zero-order valence-corrected chi connectivity index (χ0v) is 19.1. The third kappa shape index (κ3) is 5.07. The van der Waals surface area contributed by atoms with Crippen LogP contribution in [0.5, 0.6) is 11.6 Å². The van der Waals surface area contributed by atoms with E-state index < -0.39 is 34.4 Å². The molecule has 1 unspecified atom stereocenters. The summed E-state index contributed by atoms with van der Waals surface area (Å²) in [7, 11) is 1.78. The first kappa shape index (κ1) is 24.9. The van der Waals surface area contributed by atoms with Gasteiger partial charge >= 0.3 is 6.18 Å². The van der Waals surface area contributed by atoms with Crippen molar-refractivity contribution in [1.82, 2.24) is 14.8 Å². The number of pyridine rings is 1. The second-order valence-electron chi connectivity index (χ2n) is 7.98. The number of anilines is 1. The minimum absolute atomic E-state index is 0.0625. The molecule has 4 aromatic rings. The van der Waals surface area contributed by atoms with E-state index in [2.05, 4.69) is 10.1 Å². The van der Waals surface area contributed by atoms with Crippen molar-refractivity contribution in [2.75, 3.05) is 5.23 Å². The second-order valence-corrected chi connectivity index (χ2v) is 7.98. The summed E-state index contributed by atoms with van der Waals surface area (Å²) in [5.74, 6) is -0.792. The Balaban J connectivity index is 1.62. The first-order valence-electron chi connectivity index (χ1n) is 10.7. The number of Topliss-reactive ketones (excluding diaryl/α,β-unsaturated/α-hetero) is 1. The fourth-order valence-corrected chi connectivity index (χ4v) is 3.76. The van der Waals surface area contributed by atoms with Gasteiger partial charge < -0.3 is 4.74 Å². The Kier molecular flexibility index (Phi) is 6.77. The topological polar surface area (TPSA) is 101 Å². The van der Waals surface area contributed by atoms with Gasteiger partial charge in [0.1, 0.15) is 11.4 Å². The molecule has 0 fully saturated rings. The van der Waals surface area contributed by atoms with E-state index in [-0.39, 0.29) is 11.1 Å². The number of ether oxygens (including phenoxy) is 1. The lowest BCUT2D eigenvalue weighted by Crippen LogP contribution is -2.19. The van der Waals surface area contributed by atoms with Crippen LogP contribution in [-0.2, 0) is 13.2 Å². The maximum atomic E-state index is 13.4. The van der Waals surface area contributed by atoms with Crippen molar-refractivity contribution in [2.45, 2.75) is 19.0 Å². The number of aryl methyl sites for hydroxylation is 1. The first-order chi connectivity index (χ1) is 17.1. The normalized spacial score (nSPS) is 12.3. The molecule has 0 saturated heterocycles. The molecular formula is C25H21F3N4O4. The predicted octanol–water partition coefficient (Wildman–Crippen LogP) is 5.86. The van der Waals surface area contributed by atoms with Gasteiger partial charge in [-0.15, -0.1) is 5.23 Å². The van der Waals surface area contributed by atoms with Gasteiger partial charge in [0.05, 0.1) is 16.8 Å². The maximum absolute atomic E-state index is 13.4. The van der Waals surface area contributed by atoms with Gasteiger partial charge in [0.25, 0.3) is 0 Å². The van der Waals surface area contributed by atoms with E-state index in [9.17, 15) is 18.0 Å². The summed E-state index contributed by atoms with van der Waals surface area (Å²) in [4.78, 5) is 17.4. The van der Waals surface area contributed by atoms with Crippen molar-refractivity contribution in [2.24, 2.45) is 7.05 Å². The number of carbonyl (C=O) groups is 1. The Bertz CT molecular complexity index is 1400. The summed E-state index contributed by atoms with van der Waals surface area (Å²) >= 11 is 0. The van der Waals surface area contributed by atoms with Gasteiger partial charge in [-0.1, -0.05) is 25.1 Å². The molecule has 0 saturated carbocycles. The molecule has 2 aromatic carbocycles. The maximum Gasteiger partial charge on any atom is 0.418 e. The molecule has 0 radical (unpaired) electrons. The molecule has 11 heteroatoms. The monoisotopic (exact) mass is 498 g/mol. The summed E-state index contributed by atoms with van der Waals surface area (Å²) < 4.78 is 47.9. The van der Waals surface area contributed by atoms with Gasteiger partial charge in [0.2, 0.25) is 5.88 Å². The van der Waals surface area contributed by atoms with E-state index in [0.29, 0.717) is 17.2 Å². The molecule has 0 spiro atoms. The van der Waals surface area contributed by atoms with Crippen LogP contribution in [0.25, 0.3) is 11.3 Å². The van der Waals surface area contributed by atoms with Crippen molar-refractivity contribution < 1.29 is 33.1 Å². The van der Waals surface area contributed by atoms with E-state index in [1.807, 2.05) is 6.07 Å². The van der Waals surface area contributed by atoms with Crippen LogP contribution in [0, 0.1) is 0 Å². The van der Waals surface area contributed by atoms with Crippen LogP contribution in [0.3, 0.4) is 0 Å². The van der Waals surface area contributed by atoms with Gasteiger partial charge in [0.15, 0.2) is 5.78 Å². The van der Waals surface area contributed by atoms with Crippen LogP contribution in [0.15, 0.2) is 73.1 Å². The number of hydrogen-bond donors (Lipinski definition) is 2. The average Bonchev–Trinajstić information content (AvgIpc) is 3.28. The van der Waals surface area contributed by atoms with Gasteiger partial charge in [-0.2, -0.15) is 18.3 Å². The van der Waals surface area contributed by atoms with Gasteiger partial charge in [0, 0.05) is 30.9 Å². The van der Waals surface area contributed by atoms with E-state index in [1.54, 1.807) is 48.4 Å². The number of nitrogens with zero attached hydrogens (tertiary/aromatic N) is 4. The van der Waals surface area contributed by atoms with Crippen molar-refractivity contribution in [3.05, 3.63) is 89.7 Å². The number of alkyl halides is 3. The zero-order chi connectivity index (χ0) is 26.0. The van der Waals surface area contributed by atoms with Crippen LogP contribution in [0.4, 0.5) is 18.9 Å². The number of ketones is 1. The van der Waals surface area contributed by atoms with E-state index in [1.165, 1.54) is 25.1 Å². The minimum Gasteiger partial charge on any atom is -0.438 e. The molecule has 2 N–H and O–H groups in total.